The molecule has 0 saturated carbocycles. The number of hydrogen-bond acceptors (Lipinski definition) is 6. The Labute approximate surface area is 134 Å². The van der Waals surface area contributed by atoms with E-state index in [4.69, 9.17) is 11.6 Å². The van der Waals surface area contributed by atoms with Crippen molar-refractivity contribution < 1.29 is 0 Å². The van der Waals surface area contributed by atoms with E-state index in [2.05, 4.69) is 25.5 Å². The maximum Gasteiger partial charge on any atom is 0.268 e. The van der Waals surface area contributed by atoms with Gasteiger partial charge in [0, 0.05) is 18.0 Å². The van der Waals surface area contributed by atoms with Crippen molar-refractivity contribution in [1.29, 1.82) is 0 Å². The van der Waals surface area contributed by atoms with Crippen LogP contribution in [0.2, 0.25) is 5.15 Å². The highest BCUT2D eigenvalue weighted by molar-refractivity contribution is 6.32. The molecule has 0 aliphatic carbocycles. The number of aromatic amines is 1. The Morgan fingerprint density at radius 3 is 2.96 bits per heavy atom. The SMILES string of the molecule is Cc1cc(=O)[nH]c(N/N=C\c2c(Cl)nc3ccccn3c2=O)n1. The number of hydrazone groups is 1. The second-order valence-electron chi connectivity index (χ2n) is 4.66. The maximum absolute atomic E-state index is 12.3. The average molecular weight is 331 g/mol. The number of aryl methyl sites for hydroxylation is 1. The molecule has 0 spiro atoms. The highest BCUT2D eigenvalue weighted by Gasteiger charge is 2.08. The highest BCUT2D eigenvalue weighted by Crippen LogP contribution is 2.08. The van der Waals surface area contributed by atoms with Crippen LogP contribution in [-0.2, 0) is 0 Å². The summed E-state index contributed by atoms with van der Waals surface area (Å²) in [4.78, 5) is 34.3. The molecule has 3 heterocycles. The van der Waals surface area contributed by atoms with Crippen LogP contribution in [0.3, 0.4) is 0 Å². The number of fused-ring (bicyclic) bond motifs is 1. The quantitative estimate of drug-likeness (QED) is 0.426. The standard InChI is InChI=1S/C14H11ClN6O2/c1-8-6-11(22)19-14(17-8)20-16-7-9-12(15)18-10-4-2-3-5-21(10)13(9)23/h2-7H,1H3,(H2,17,19,20,22)/b16-7-. The molecule has 23 heavy (non-hydrogen) atoms. The Bertz CT molecular complexity index is 1020. The van der Waals surface area contributed by atoms with E-state index in [1.807, 2.05) is 0 Å². The van der Waals surface area contributed by atoms with E-state index in [1.165, 1.54) is 16.7 Å². The topological polar surface area (TPSA) is 105 Å². The third-order valence-corrected chi connectivity index (χ3v) is 3.24. The van der Waals surface area contributed by atoms with Gasteiger partial charge < -0.3 is 0 Å². The fourth-order valence-electron chi connectivity index (χ4n) is 1.97. The number of halogens is 1. The van der Waals surface area contributed by atoms with E-state index in [1.54, 1.807) is 31.3 Å². The van der Waals surface area contributed by atoms with E-state index >= 15 is 0 Å². The number of H-pyrrole nitrogens is 1. The summed E-state index contributed by atoms with van der Waals surface area (Å²) in [6.45, 7) is 1.68. The minimum Gasteiger partial charge on any atom is -0.291 e. The lowest BCUT2D eigenvalue weighted by atomic mass is 10.3. The first-order valence-electron chi connectivity index (χ1n) is 6.58. The third-order valence-electron chi connectivity index (χ3n) is 2.96. The van der Waals surface area contributed by atoms with E-state index in [0.717, 1.165) is 0 Å². The molecule has 2 N–H and O–H groups in total. The van der Waals surface area contributed by atoms with Crippen LogP contribution in [0.1, 0.15) is 11.3 Å². The second kappa shape index (κ2) is 6.01. The molecule has 0 aliphatic heterocycles. The van der Waals surface area contributed by atoms with Crippen LogP contribution < -0.4 is 16.5 Å². The summed E-state index contributed by atoms with van der Waals surface area (Å²) in [5, 5.41) is 3.92. The lowest BCUT2D eigenvalue weighted by Gasteiger charge is -2.03. The Hall–Kier alpha value is -3.00. The van der Waals surface area contributed by atoms with Crippen molar-refractivity contribution in [2.24, 2.45) is 5.10 Å². The molecule has 3 aromatic heterocycles. The lowest BCUT2D eigenvalue weighted by Crippen LogP contribution is -2.20. The van der Waals surface area contributed by atoms with Gasteiger partial charge in [0.25, 0.3) is 11.1 Å². The van der Waals surface area contributed by atoms with Crippen molar-refractivity contribution in [3.63, 3.8) is 0 Å². The summed E-state index contributed by atoms with van der Waals surface area (Å²) >= 11 is 6.02. The van der Waals surface area contributed by atoms with Crippen LogP contribution in [0.25, 0.3) is 5.65 Å². The molecule has 3 rings (SSSR count). The molecule has 0 aromatic carbocycles. The van der Waals surface area contributed by atoms with Crippen LogP contribution in [-0.4, -0.2) is 25.6 Å². The van der Waals surface area contributed by atoms with Gasteiger partial charge in [-0.1, -0.05) is 17.7 Å². The molecule has 0 atom stereocenters. The lowest BCUT2D eigenvalue weighted by molar-refractivity contribution is 1.03. The van der Waals surface area contributed by atoms with Crippen LogP contribution in [0.5, 0.6) is 0 Å². The molecule has 0 bridgehead atoms. The molecule has 116 valence electrons. The second-order valence-corrected chi connectivity index (χ2v) is 5.01. The molecule has 0 fully saturated rings. The van der Waals surface area contributed by atoms with Crippen LogP contribution in [0.4, 0.5) is 5.95 Å². The normalized spacial score (nSPS) is 11.2. The van der Waals surface area contributed by atoms with Gasteiger partial charge in [0.05, 0.1) is 11.8 Å². The average Bonchev–Trinajstić information content (AvgIpc) is 2.49. The molecule has 0 radical (unpaired) electrons. The summed E-state index contributed by atoms with van der Waals surface area (Å²) in [6.07, 6.45) is 2.82. The van der Waals surface area contributed by atoms with Gasteiger partial charge >= 0.3 is 0 Å². The molecule has 0 saturated heterocycles. The van der Waals surface area contributed by atoms with E-state index in [9.17, 15) is 9.59 Å². The van der Waals surface area contributed by atoms with Crippen molar-refractivity contribution in [3.8, 4) is 0 Å². The molecule has 9 heteroatoms. The van der Waals surface area contributed by atoms with Gasteiger partial charge in [-0.3, -0.25) is 19.0 Å². The number of hydrogen-bond donors (Lipinski definition) is 2. The molecular formula is C14H11ClN6O2. The fraction of sp³-hybridized carbons (Fsp3) is 0.0714. The maximum atomic E-state index is 12.3. The predicted molar refractivity (Wildman–Crippen MR) is 87.3 cm³/mol. The van der Waals surface area contributed by atoms with Crippen LogP contribution in [0.15, 0.2) is 45.2 Å². The molecule has 8 nitrogen and oxygen atoms in total. The zero-order chi connectivity index (χ0) is 16.4. The summed E-state index contributed by atoms with van der Waals surface area (Å²) in [5.74, 6) is 0.163. The number of nitrogens with zero attached hydrogens (tertiary/aromatic N) is 4. The fourth-order valence-corrected chi connectivity index (χ4v) is 2.19. The van der Waals surface area contributed by atoms with Gasteiger partial charge in [0.2, 0.25) is 5.95 Å². The van der Waals surface area contributed by atoms with Crippen molar-refractivity contribution in [2.75, 3.05) is 5.43 Å². The smallest absolute Gasteiger partial charge is 0.268 e. The van der Waals surface area contributed by atoms with E-state index in [-0.39, 0.29) is 27.8 Å². The molecule has 0 amide bonds. The van der Waals surface area contributed by atoms with Crippen molar-refractivity contribution in [1.82, 2.24) is 19.4 Å². The number of anilines is 1. The Morgan fingerprint density at radius 2 is 2.17 bits per heavy atom. The van der Waals surface area contributed by atoms with Gasteiger partial charge in [-0.25, -0.2) is 15.4 Å². The van der Waals surface area contributed by atoms with E-state index in [0.29, 0.717) is 11.3 Å². The Morgan fingerprint density at radius 1 is 1.35 bits per heavy atom. The minimum atomic E-state index is -0.350. The van der Waals surface area contributed by atoms with Gasteiger partial charge in [-0.15, -0.1) is 0 Å². The van der Waals surface area contributed by atoms with Gasteiger partial charge in [0.15, 0.2) is 0 Å². The van der Waals surface area contributed by atoms with E-state index < -0.39 is 0 Å². The number of pyridine rings is 1. The zero-order valence-electron chi connectivity index (χ0n) is 11.9. The molecule has 3 aromatic rings. The summed E-state index contributed by atoms with van der Waals surface area (Å²) in [7, 11) is 0. The van der Waals surface area contributed by atoms with Crippen LogP contribution >= 0.6 is 11.6 Å². The van der Waals surface area contributed by atoms with Crippen LogP contribution in [0, 0.1) is 6.92 Å². The molecular weight excluding hydrogens is 320 g/mol. The first-order valence-corrected chi connectivity index (χ1v) is 6.96. The third kappa shape index (κ3) is 3.11. The van der Waals surface area contributed by atoms with Gasteiger partial charge in [-0.05, 0) is 19.1 Å². The first-order chi connectivity index (χ1) is 11.0. The van der Waals surface area contributed by atoms with Gasteiger partial charge in [0.1, 0.15) is 10.8 Å². The zero-order valence-corrected chi connectivity index (χ0v) is 12.7. The monoisotopic (exact) mass is 330 g/mol. The largest absolute Gasteiger partial charge is 0.291 e. The van der Waals surface area contributed by atoms with Crippen molar-refractivity contribution in [2.45, 2.75) is 6.92 Å². The number of nitrogens with one attached hydrogen (secondary N) is 2. The molecule has 0 aliphatic rings. The Kier molecular flexibility index (Phi) is 3.90. The van der Waals surface area contributed by atoms with Crippen molar-refractivity contribution in [3.05, 3.63) is 67.6 Å². The summed E-state index contributed by atoms with van der Waals surface area (Å²) in [6, 6.07) is 6.50. The van der Waals surface area contributed by atoms with Gasteiger partial charge in [-0.2, -0.15) is 5.10 Å². The first kappa shape index (κ1) is 14.9. The minimum absolute atomic E-state index is 0.0393. The predicted octanol–water partition coefficient (Wildman–Crippen LogP) is 1.19. The summed E-state index contributed by atoms with van der Waals surface area (Å²) < 4.78 is 1.36. The number of aromatic nitrogens is 4. The number of rotatable bonds is 3. The highest BCUT2D eigenvalue weighted by atomic mass is 35.5. The summed E-state index contributed by atoms with van der Waals surface area (Å²) in [5.41, 5.74) is 2.99. The Balaban J connectivity index is 1.95. The molecule has 0 unspecified atom stereocenters. The van der Waals surface area contributed by atoms with Crippen molar-refractivity contribution >= 4 is 29.4 Å².